The molecule has 9 heteroatoms. The third-order valence-electron chi connectivity index (χ3n) is 5.15. The predicted octanol–water partition coefficient (Wildman–Crippen LogP) is 3.32. The summed E-state index contributed by atoms with van der Waals surface area (Å²) in [6.45, 7) is 2.47. The van der Waals surface area contributed by atoms with Gasteiger partial charge in [0.2, 0.25) is 0 Å². The molecule has 2 N–H and O–H groups in total. The maximum atomic E-state index is 12.9. The summed E-state index contributed by atoms with van der Waals surface area (Å²) in [6, 6.07) is 17.5. The largest absolute Gasteiger partial charge is 0.355 e. The number of benzene rings is 2. The van der Waals surface area contributed by atoms with Gasteiger partial charge in [-0.1, -0.05) is 73.5 Å². The summed E-state index contributed by atoms with van der Waals surface area (Å²) in [6.07, 6.45) is 2.71. The Bertz CT molecular complexity index is 1340. The summed E-state index contributed by atoms with van der Waals surface area (Å²) in [7, 11) is 0. The lowest BCUT2D eigenvalue weighted by Gasteiger charge is -2.11. The Hall–Kier alpha value is -4.27. The molecule has 0 radical (unpaired) electrons. The SMILES string of the molecule is CCCCCn1nc(C(=O)NNC(=O)c2cc(-c3ccccc3)on2)c2ccccc2c1=O. The van der Waals surface area contributed by atoms with E-state index in [1.165, 1.54) is 10.7 Å². The molecule has 33 heavy (non-hydrogen) atoms. The molecule has 2 heterocycles. The number of aryl methyl sites for hydroxylation is 1. The summed E-state index contributed by atoms with van der Waals surface area (Å²) in [5, 5.41) is 8.84. The zero-order valence-electron chi connectivity index (χ0n) is 18.1. The zero-order chi connectivity index (χ0) is 23.2. The van der Waals surface area contributed by atoms with Crippen LogP contribution in [0.3, 0.4) is 0 Å². The molecule has 0 aliphatic heterocycles. The molecule has 2 amide bonds. The number of hydrogen-bond donors (Lipinski definition) is 2. The van der Waals surface area contributed by atoms with Crippen LogP contribution in [-0.2, 0) is 6.54 Å². The van der Waals surface area contributed by atoms with Crippen molar-refractivity contribution >= 4 is 22.6 Å². The summed E-state index contributed by atoms with van der Waals surface area (Å²) in [4.78, 5) is 38.1. The van der Waals surface area contributed by atoms with Crippen LogP contribution in [0.2, 0.25) is 0 Å². The van der Waals surface area contributed by atoms with E-state index in [-0.39, 0.29) is 16.9 Å². The Labute approximate surface area is 189 Å². The first-order chi connectivity index (χ1) is 16.1. The van der Waals surface area contributed by atoms with Gasteiger partial charge in [-0.25, -0.2) is 4.68 Å². The third kappa shape index (κ3) is 4.82. The van der Waals surface area contributed by atoms with Crippen LogP contribution in [0, 0.1) is 0 Å². The smallest absolute Gasteiger partial charge is 0.291 e. The van der Waals surface area contributed by atoms with E-state index >= 15 is 0 Å². The zero-order valence-corrected chi connectivity index (χ0v) is 18.1. The van der Waals surface area contributed by atoms with Crippen LogP contribution >= 0.6 is 0 Å². The van der Waals surface area contributed by atoms with E-state index in [0.29, 0.717) is 23.1 Å². The van der Waals surface area contributed by atoms with Crippen LogP contribution in [0.25, 0.3) is 22.1 Å². The first kappa shape index (κ1) is 21.9. The second-order valence-corrected chi connectivity index (χ2v) is 7.48. The van der Waals surface area contributed by atoms with Gasteiger partial charge in [0, 0.05) is 23.6 Å². The number of nitrogens with zero attached hydrogens (tertiary/aromatic N) is 3. The molecule has 0 unspecified atom stereocenters. The van der Waals surface area contributed by atoms with Crippen molar-refractivity contribution in [3.63, 3.8) is 0 Å². The molecule has 2 aromatic heterocycles. The van der Waals surface area contributed by atoms with Crippen molar-refractivity contribution in [2.45, 2.75) is 32.7 Å². The molecule has 0 saturated carbocycles. The van der Waals surface area contributed by atoms with E-state index in [0.717, 1.165) is 24.8 Å². The molecule has 9 nitrogen and oxygen atoms in total. The van der Waals surface area contributed by atoms with Crippen LogP contribution in [0.1, 0.15) is 47.2 Å². The van der Waals surface area contributed by atoms with Gasteiger partial charge in [0.15, 0.2) is 17.1 Å². The van der Waals surface area contributed by atoms with E-state index in [2.05, 4.69) is 28.0 Å². The monoisotopic (exact) mass is 445 g/mol. The lowest BCUT2D eigenvalue weighted by molar-refractivity contribution is 0.0838. The number of aromatic nitrogens is 3. The van der Waals surface area contributed by atoms with Gasteiger partial charge in [0.25, 0.3) is 17.4 Å². The predicted molar refractivity (Wildman–Crippen MR) is 122 cm³/mol. The van der Waals surface area contributed by atoms with Gasteiger partial charge in [-0.05, 0) is 12.5 Å². The van der Waals surface area contributed by atoms with E-state index < -0.39 is 11.8 Å². The van der Waals surface area contributed by atoms with Gasteiger partial charge in [-0.2, -0.15) is 5.10 Å². The average Bonchev–Trinajstić information content (AvgIpc) is 3.35. The Balaban J connectivity index is 1.52. The quantitative estimate of drug-likeness (QED) is 0.333. The molecule has 0 saturated heterocycles. The molecule has 4 rings (SSSR count). The van der Waals surface area contributed by atoms with Crippen molar-refractivity contribution in [1.82, 2.24) is 25.8 Å². The molecular weight excluding hydrogens is 422 g/mol. The summed E-state index contributed by atoms with van der Waals surface area (Å²) >= 11 is 0. The van der Waals surface area contributed by atoms with Crippen LogP contribution in [0.4, 0.5) is 0 Å². The van der Waals surface area contributed by atoms with Gasteiger partial charge in [0.05, 0.1) is 5.39 Å². The van der Waals surface area contributed by atoms with E-state index in [9.17, 15) is 14.4 Å². The van der Waals surface area contributed by atoms with Crippen molar-refractivity contribution in [2.75, 3.05) is 0 Å². The first-order valence-corrected chi connectivity index (χ1v) is 10.7. The number of unbranched alkanes of at least 4 members (excludes halogenated alkanes) is 2. The minimum Gasteiger partial charge on any atom is -0.355 e. The van der Waals surface area contributed by atoms with Crippen LogP contribution in [-0.4, -0.2) is 26.8 Å². The van der Waals surface area contributed by atoms with E-state index in [1.54, 1.807) is 24.3 Å². The molecule has 0 fully saturated rings. The topological polar surface area (TPSA) is 119 Å². The molecule has 4 aromatic rings. The van der Waals surface area contributed by atoms with Crippen LogP contribution < -0.4 is 16.4 Å². The number of fused-ring (bicyclic) bond motifs is 1. The van der Waals surface area contributed by atoms with Crippen molar-refractivity contribution < 1.29 is 14.1 Å². The fourth-order valence-corrected chi connectivity index (χ4v) is 3.42. The van der Waals surface area contributed by atoms with Crippen LogP contribution in [0.15, 0.2) is 70.0 Å². The molecule has 0 aliphatic carbocycles. The number of amides is 2. The Morgan fingerprint density at radius 2 is 1.64 bits per heavy atom. The van der Waals surface area contributed by atoms with E-state index in [1.807, 2.05) is 30.3 Å². The summed E-state index contributed by atoms with van der Waals surface area (Å²) in [5.41, 5.74) is 5.26. The molecule has 0 aliphatic rings. The normalized spacial score (nSPS) is 10.8. The Morgan fingerprint density at radius 1 is 0.939 bits per heavy atom. The molecule has 2 aromatic carbocycles. The molecule has 0 atom stereocenters. The minimum absolute atomic E-state index is 0.0107. The summed E-state index contributed by atoms with van der Waals surface area (Å²) in [5.74, 6) is -0.857. The van der Waals surface area contributed by atoms with Crippen molar-refractivity contribution in [1.29, 1.82) is 0 Å². The standard InChI is InChI=1S/C24H23N5O4/c1-2-3-9-14-29-24(32)18-13-8-7-12-17(18)21(27-29)23(31)26-25-22(30)19-15-20(33-28-19)16-10-5-4-6-11-16/h4-8,10-13,15H,2-3,9,14H2,1H3,(H,25,30)(H,26,31). The summed E-state index contributed by atoms with van der Waals surface area (Å²) < 4.78 is 6.53. The lowest BCUT2D eigenvalue weighted by Crippen LogP contribution is -2.43. The number of hydrogen-bond acceptors (Lipinski definition) is 6. The fourth-order valence-electron chi connectivity index (χ4n) is 3.42. The maximum Gasteiger partial charge on any atom is 0.291 e. The Morgan fingerprint density at radius 3 is 2.39 bits per heavy atom. The number of carbonyl (C=O) groups excluding carboxylic acids is 2. The number of rotatable bonds is 7. The highest BCUT2D eigenvalue weighted by molar-refractivity contribution is 6.05. The third-order valence-corrected chi connectivity index (χ3v) is 5.15. The van der Waals surface area contributed by atoms with Gasteiger partial charge >= 0.3 is 0 Å². The number of carbonyl (C=O) groups is 2. The highest BCUT2D eigenvalue weighted by Crippen LogP contribution is 2.19. The molecule has 168 valence electrons. The van der Waals surface area contributed by atoms with E-state index in [4.69, 9.17) is 4.52 Å². The van der Waals surface area contributed by atoms with Crippen molar-refractivity contribution in [3.8, 4) is 11.3 Å². The first-order valence-electron chi connectivity index (χ1n) is 10.7. The minimum atomic E-state index is -0.644. The highest BCUT2D eigenvalue weighted by Gasteiger charge is 2.19. The van der Waals surface area contributed by atoms with Gasteiger partial charge in [0.1, 0.15) is 0 Å². The average molecular weight is 445 g/mol. The van der Waals surface area contributed by atoms with Gasteiger partial charge in [-0.15, -0.1) is 0 Å². The van der Waals surface area contributed by atoms with Gasteiger partial charge in [-0.3, -0.25) is 25.2 Å². The molecule has 0 bridgehead atoms. The number of nitrogens with one attached hydrogen (secondary N) is 2. The maximum absolute atomic E-state index is 12.9. The van der Waals surface area contributed by atoms with Gasteiger partial charge < -0.3 is 4.52 Å². The highest BCUT2D eigenvalue weighted by atomic mass is 16.5. The fraction of sp³-hybridized carbons (Fsp3) is 0.208. The molecular formula is C24H23N5O4. The van der Waals surface area contributed by atoms with Crippen molar-refractivity contribution in [2.24, 2.45) is 0 Å². The number of hydrazine groups is 1. The van der Waals surface area contributed by atoms with Crippen LogP contribution in [0.5, 0.6) is 0 Å². The lowest BCUT2D eigenvalue weighted by atomic mass is 10.1. The second-order valence-electron chi connectivity index (χ2n) is 7.48. The second kappa shape index (κ2) is 9.90. The van der Waals surface area contributed by atoms with Crippen molar-refractivity contribution in [3.05, 3.63) is 82.4 Å². The Kier molecular flexibility index (Phi) is 6.58. The molecule has 0 spiro atoms.